The van der Waals surface area contributed by atoms with Gasteiger partial charge in [0.05, 0.1) is 41.3 Å². The van der Waals surface area contributed by atoms with Crippen LogP contribution in [0, 0.1) is 12.7 Å². The zero-order valence-corrected chi connectivity index (χ0v) is 18.4. The average molecular weight is 465 g/mol. The Labute approximate surface area is 179 Å². The number of likely N-dealkylation sites (N-methyl/N-ethyl adjacent to an activating group) is 1. The van der Waals surface area contributed by atoms with Crippen LogP contribution in [-0.4, -0.2) is 62.7 Å². The lowest BCUT2D eigenvalue weighted by atomic mass is 10.2. The number of carbonyl (C=O) groups is 1. The molecule has 1 saturated heterocycles. The van der Waals surface area contributed by atoms with E-state index in [1.54, 1.807) is 12.3 Å². The van der Waals surface area contributed by atoms with Gasteiger partial charge in [0.15, 0.2) is 0 Å². The van der Waals surface area contributed by atoms with Crippen molar-refractivity contribution in [2.45, 2.75) is 13.5 Å². The molecule has 0 saturated carbocycles. The summed E-state index contributed by atoms with van der Waals surface area (Å²) in [6, 6.07) is 6.95. The molecule has 1 aromatic heterocycles. The predicted octanol–water partition coefficient (Wildman–Crippen LogP) is 3.22. The highest BCUT2D eigenvalue weighted by Gasteiger charge is 2.19. The van der Waals surface area contributed by atoms with Crippen molar-refractivity contribution < 1.29 is 13.9 Å². The van der Waals surface area contributed by atoms with Gasteiger partial charge in [0.25, 0.3) is 0 Å². The second-order valence-corrected chi connectivity index (χ2v) is 8.05. The number of nitrogens with zero attached hydrogens (tertiary/aromatic N) is 4. The molecule has 1 fully saturated rings. The molecule has 6 nitrogen and oxygen atoms in total. The molecule has 29 heavy (non-hydrogen) atoms. The molecule has 2 heterocycles. The predicted molar refractivity (Wildman–Crippen MR) is 116 cm³/mol. The summed E-state index contributed by atoms with van der Waals surface area (Å²) in [7, 11) is 1.96. The first kappa shape index (κ1) is 21.7. The van der Waals surface area contributed by atoms with Crippen molar-refractivity contribution >= 4 is 33.7 Å². The van der Waals surface area contributed by atoms with Crippen molar-refractivity contribution in [1.82, 2.24) is 9.88 Å². The molecule has 8 heteroatoms. The molecule has 0 bridgehead atoms. The topological polar surface area (TPSA) is 48.9 Å². The van der Waals surface area contributed by atoms with Crippen LogP contribution < -0.4 is 9.80 Å². The number of aromatic nitrogens is 1. The molecule has 0 unspecified atom stereocenters. The summed E-state index contributed by atoms with van der Waals surface area (Å²) in [4.78, 5) is 22.1. The van der Waals surface area contributed by atoms with Crippen LogP contribution in [0.1, 0.15) is 11.3 Å². The van der Waals surface area contributed by atoms with Crippen molar-refractivity contribution in [3.05, 3.63) is 52.0 Å². The number of amides is 1. The van der Waals surface area contributed by atoms with Crippen LogP contribution in [0.5, 0.6) is 0 Å². The number of hydrogen-bond donors (Lipinski definition) is 0. The van der Waals surface area contributed by atoms with Crippen molar-refractivity contribution in [1.29, 1.82) is 0 Å². The highest BCUT2D eigenvalue weighted by atomic mass is 79.9. The molecule has 1 aromatic carbocycles. The second-order valence-electron chi connectivity index (χ2n) is 7.19. The summed E-state index contributed by atoms with van der Waals surface area (Å²) < 4.78 is 20.1. The van der Waals surface area contributed by atoms with E-state index < -0.39 is 5.82 Å². The van der Waals surface area contributed by atoms with Crippen molar-refractivity contribution in [3.8, 4) is 0 Å². The Kier molecular flexibility index (Phi) is 7.57. The van der Waals surface area contributed by atoms with Gasteiger partial charge < -0.3 is 14.5 Å². The summed E-state index contributed by atoms with van der Waals surface area (Å²) in [6.07, 6.45) is 2.49. The minimum atomic E-state index is -0.408. The molecule has 3 rings (SSSR count). The van der Waals surface area contributed by atoms with E-state index in [1.807, 2.05) is 31.0 Å². The van der Waals surface area contributed by atoms with E-state index in [2.05, 4.69) is 25.8 Å². The monoisotopic (exact) mass is 464 g/mol. The third-order valence-electron chi connectivity index (χ3n) is 5.03. The first-order chi connectivity index (χ1) is 14.0. The van der Waals surface area contributed by atoms with Crippen molar-refractivity contribution in [2.75, 3.05) is 56.2 Å². The van der Waals surface area contributed by atoms with Crippen LogP contribution >= 0.6 is 15.9 Å². The molecular formula is C21H26BrFN4O2. The van der Waals surface area contributed by atoms with E-state index >= 15 is 0 Å². The number of rotatable bonds is 8. The fourth-order valence-corrected chi connectivity index (χ4v) is 3.58. The standard InChI is InChI=1S/C21H26BrFN4O2/c1-16-3-4-17(24-13-16)14-27(15-28)21-12-19(23)18(22)11-20(21)25(2)5-6-26-7-9-29-10-8-26/h3-4,11-13,15H,5-10,14H2,1-2H3. The summed E-state index contributed by atoms with van der Waals surface area (Å²) in [5.41, 5.74) is 3.09. The number of aryl methyl sites for hydroxylation is 1. The summed E-state index contributed by atoms with van der Waals surface area (Å²) in [6.45, 7) is 7.17. The third-order valence-corrected chi connectivity index (χ3v) is 5.63. The highest BCUT2D eigenvalue weighted by Crippen LogP contribution is 2.34. The van der Waals surface area contributed by atoms with E-state index in [-0.39, 0.29) is 6.54 Å². The van der Waals surface area contributed by atoms with E-state index in [0.29, 0.717) is 10.2 Å². The molecule has 1 aliphatic heterocycles. The Morgan fingerprint density at radius 3 is 2.69 bits per heavy atom. The van der Waals surface area contributed by atoms with Crippen LogP contribution in [-0.2, 0) is 16.1 Å². The molecule has 1 aliphatic rings. The normalized spacial score (nSPS) is 14.6. The van der Waals surface area contributed by atoms with E-state index in [0.717, 1.165) is 62.7 Å². The SMILES string of the molecule is Cc1ccc(CN(C=O)c2cc(F)c(Br)cc2N(C)CCN2CCOCC2)nc1. The van der Waals surface area contributed by atoms with Crippen molar-refractivity contribution in [2.24, 2.45) is 0 Å². The quantitative estimate of drug-likeness (QED) is 0.561. The lowest BCUT2D eigenvalue weighted by Crippen LogP contribution is -2.41. The zero-order valence-electron chi connectivity index (χ0n) is 16.8. The largest absolute Gasteiger partial charge is 0.379 e. The van der Waals surface area contributed by atoms with Crippen molar-refractivity contribution in [3.63, 3.8) is 0 Å². The fourth-order valence-electron chi connectivity index (χ4n) is 3.24. The molecule has 0 N–H and O–H groups in total. The molecule has 1 amide bonds. The van der Waals surface area contributed by atoms with E-state index in [4.69, 9.17) is 4.74 Å². The smallest absolute Gasteiger partial charge is 0.214 e. The number of pyridine rings is 1. The van der Waals surface area contributed by atoms with Crippen LogP contribution in [0.4, 0.5) is 15.8 Å². The minimum Gasteiger partial charge on any atom is -0.379 e. The van der Waals surface area contributed by atoms with Gasteiger partial charge in [0.2, 0.25) is 6.41 Å². The van der Waals surface area contributed by atoms with Gasteiger partial charge >= 0.3 is 0 Å². The second kappa shape index (κ2) is 10.1. The Morgan fingerprint density at radius 2 is 2.03 bits per heavy atom. The van der Waals surface area contributed by atoms with Gasteiger partial charge in [-0.3, -0.25) is 14.7 Å². The van der Waals surface area contributed by atoms with Gasteiger partial charge in [-0.25, -0.2) is 4.39 Å². The van der Waals surface area contributed by atoms with Gasteiger partial charge in [-0.2, -0.15) is 0 Å². The van der Waals surface area contributed by atoms with Gasteiger partial charge in [0.1, 0.15) is 5.82 Å². The summed E-state index contributed by atoms with van der Waals surface area (Å²) >= 11 is 3.27. The van der Waals surface area contributed by atoms with Gasteiger partial charge in [-0.05, 0) is 40.5 Å². The van der Waals surface area contributed by atoms with Gasteiger partial charge in [-0.1, -0.05) is 6.07 Å². The molecule has 0 radical (unpaired) electrons. The summed E-state index contributed by atoms with van der Waals surface area (Å²) in [5, 5.41) is 0. The summed E-state index contributed by atoms with van der Waals surface area (Å²) in [5.74, 6) is -0.408. The van der Waals surface area contributed by atoms with Gasteiger partial charge in [-0.15, -0.1) is 0 Å². The maximum absolute atomic E-state index is 14.3. The molecule has 2 aromatic rings. The molecular weight excluding hydrogens is 439 g/mol. The third kappa shape index (κ3) is 5.74. The average Bonchev–Trinajstić information content (AvgIpc) is 2.74. The maximum atomic E-state index is 14.3. The van der Waals surface area contributed by atoms with Crippen LogP contribution in [0.3, 0.4) is 0 Å². The Hall–Kier alpha value is -2.03. The minimum absolute atomic E-state index is 0.273. The first-order valence-corrected chi connectivity index (χ1v) is 10.4. The number of benzene rings is 1. The highest BCUT2D eigenvalue weighted by molar-refractivity contribution is 9.10. The van der Waals surface area contributed by atoms with Crippen LogP contribution in [0.25, 0.3) is 0 Å². The van der Waals surface area contributed by atoms with E-state index in [9.17, 15) is 9.18 Å². The van der Waals surface area contributed by atoms with E-state index in [1.165, 1.54) is 11.0 Å². The number of morpholine rings is 1. The Balaban J connectivity index is 1.81. The molecule has 156 valence electrons. The number of anilines is 2. The maximum Gasteiger partial charge on any atom is 0.214 e. The number of hydrogen-bond acceptors (Lipinski definition) is 5. The zero-order chi connectivity index (χ0) is 20.8. The first-order valence-electron chi connectivity index (χ1n) is 9.61. The van der Waals surface area contributed by atoms with Crippen LogP contribution in [0.15, 0.2) is 34.9 Å². The lowest BCUT2D eigenvalue weighted by Gasteiger charge is -2.31. The van der Waals surface area contributed by atoms with Gasteiger partial charge in [0, 0.05) is 45.5 Å². The Bertz CT molecular complexity index is 828. The molecule has 0 spiro atoms. The number of carbonyl (C=O) groups excluding carboxylic acids is 1. The molecule has 0 atom stereocenters. The fraction of sp³-hybridized carbons (Fsp3) is 0.429. The number of halogens is 2. The molecule has 0 aliphatic carbocycles. The Morgan fingerprint density at radius 1 is 1.28 bits per heavy atom. The lowest BCUT2D eigenvalue weighted by molar-refractivity contribution is -0.107. The number of ether oxygens (including phenoxy) is 1. The van der Waals surface area contributed by atoms with Crippen LogP contribution in [0.2, 0.25) is 0 Å².